The van der Waals surface area contributed by atoms with E-state index in [-0.39, 0.29) is 17.1 Å². The van der Waals surface area contributed by atoms with E-state index in [9.17, 15) is 27.2 Å². The second-order valence-electron chi connectivity index (χ2n) is 9.56. The van der Waals surface area contributed by atoms with Crippen LogP contribution in [0.4, 0.5) is 23.2 Å². The van der Waals surface area contributed by atoms with Gasteiger partial charge >= 0.3 is 6.18 Å². The van der Waals surface area contributed by atoms with Crippen LogP contribution in [0, 0.1) is 5.82 Å². The number of rotatable bonds is 7. The molecule has 0 spiro atoms. The van der Waals surface area contributed by atoms with Gasteiger partial charge in [-0.15, -0.1) is 10.2 Å². The third-order valence-electron chi connectivity index (χ3n) is 5.40. The number of para-hydroxylation sites is 1. The summed E-state index contributed by atoms with van der Waals surface area (Å²) in [5, 5.41) is 14.2. The van der Waals surface area contributed by atoms with E-state index in [0.717, 1.165) is 16.9 Å². The van der Waals surface area contributed by atoms with Gasteiger partial charge in [0.05, 0.1) is 23.1 Å². The molecule has 1 N–H and O–H groups in total. The molecule has 2 aromatic carbocycles. The van der Waals surface area contributed by atoms with Gasteiger partial charge in [0.2, 0.25) is 5.82 Å². The van der Waals surface area contributed by atoms with Gasteiger partial charge in [0.25, 0.3) is 11.8 Å². The minimum Gasteiger partial charge on any atom is -0.467 e. The van der Waals surface area contributed by atoms with Crippen molar-refractivity contribution in [2.24, 2.45) is 0 Å². The molecule has 39 heavy (non-hydrogen) atoms. The molecule has 0 aliphatic rings. The third kappa shape index (κ3) is 6.30. The molecule has 2 heterocycles. The maximum Gasteiger partial charge on any atom is 0.418 e. The molecular formula is C26H24F4N6O3. The van der Waals surface area contributed by atoms with Gasteiger partial charge in [-0.05, 0) is 62.4 Å². The van der Waals surface area contributed by atoms with Crippen LogP contribution in [0.1, 0.15) is 38.1 Å². The molecule has 13 heteroatoms. The number of hydrogen-bond acceptors (Lipinski definition) is 6. The second-order valence-corrected chi connectivity index (χ2v) is 9.56. The van der Waals surface area contributed by atoms with Crippen LogP contribution in [-0.4, -0.2) is 37.6 Å². The van der Waals surface area contributed by atoms with Crippen LogP contribution in [0.2, 0.25) is 0 Å². The lowest BCUT2D eigenvalue weighted by molar-refractivity contribution is -0.137. The normalized spacial score (nSPS) is 12.7. The minimum absolute atomic E-state index is 0.0217. The molecule has 0 radical (unpaired) electrons. The Morgan fingerprint density at radius 3 is 2.36 bits per heavy atom. The number of tetrazole rings is 1. The lowest BCUT2D eigenvalue weighted by Gasteiger charge is -2.33. The highest BCUT2D eigenvalue weighted by molar-refractivity contribution is 6.01. The zero-order valence-corrected chi connectivity index (χ0v) is 21.1. The number of halogens is 4. The number of alkyl halides is 3. The number of amides is 2. The summed E-state index contributed by atoms with van der Waals surface area (Å²) in [6.07, 6.45) is -3.61. The summed E-state index contributed by atoms with van der Waals surface area (Å²) in [7, 11) is 0. The molecule has 2 aromatic heterocycles. The number of hydrogen-bond donors (Lipinski definition) is 1. The Balaban J connectivity index is 1.80. The van der Waals surface area contributed by atoms with Gasteiger partial charge in [0.15, 0.2) is 6.04 Å². The van der Waals surface area contributed by atoms with Crippen molar-refractivity contribution in [3.8, 4) is 11.4 Å². The van der Waals surface area contributed by atoms with Crippen LogP contribution in [-0.2, 0) is 22.3 Å². The van der Waals surface area contributed by atoms with Crippen LogP contribution >= 0.6 is 0 Å². The summed E-state index contributed by atoms with van der Waals surface area (Å²) >= 11 is 0. The van der Waals surface area contributed by atoms with E-state index in [1.165, 1.54) is 48.7 Å². The fourth-order valence-electron chi connectivity index (χ4n) is 3.86. The summed E-state index contributed by atoms with van der Waals surface area (Å²) in [6, 6.07) is 11.2. The Labute approximate surface area is 220 Å². The van der Waals surface area contributed by atoms with Crippen molar-refractivity contribution in [3.63, 3.8) is 0 Å². The number of nitrogens with one attached hydrogen (secondary N) is 1. The highest BCUT2D eigenvalue weighted by Crippen LogP contribution is 2.40. The highest BCUT2D eigenvalue weighted by atomic mass is 19.4. The summed E-state index contributed by atoms with van der Waals surface area (Å²) in [4.78, 5) is 28.7. The van der Waals surface area contributed by atoms with E-state index >= 15 is 0 Å². The van der Waals surface area contributed by atoms with Gasteiger partial charge < -0.3 is 9.73 Å². The number of carbonyl (C=O) groups is 2. The molecule has 4 aromatic rings. The Morgan fingerprint density at radius 2 is 1.72 bits per heavy atom. The van der Waals surface area contributed by atoms with Crippen LogP contribution in [0.15, 0.2) is 71.3 Å². The summed E-state index contributed by atoms with van der Waals surface area (Å²) in [5.74, 6) is -2.58. The second kappa shape index (κ2) is 10.7. The van der Waals surface area contributed by atoms with Crippen molar-refractivity contribution in [2.45, 2.75) is 45.1 Å². The quantitative estimate of drug-likeness (QED) is 0.336. The lowest BCUT2D eigenvalue weighted by Crippen LogP contribution is -2.50. The molecule has 0 fully saturated rings. The molecule has 0 bridgehead atoms. The van der Waals surface area contributed by atoms with Crippen molar-refractivity contribution < 1.29 is 31.6 Å². The van der Waals surface area contributed by atoms with E-state index < -0.39 is 53.2 Å². The first kappa shape index (κ1) is 27.5. The van der Waals surface area contributed by atoms with Gasteiger partial charge in [-0.3, -0.25) is 14.5 Å². The highest BCUT2D eigenvalue weighted by Gasteiger charge is 2.42. The van der Waals surface area contributed by atoms with Gasteiger partial charge in [-0.1, -0.05) is 24.3 Å². The van der Waals surface area contributed by atoms with E-state index in [2.05, 4.69) is 20.7 Å². The zero-order chi connectivity index (χ0) is 28.4. The topological polar surface area (TPSA) is 106 Å². The van der Waals surface area contributed by atoms with E-state index in [1.54, 1.807) is 26.8 Å². The smallest absolute Gasteiger partial charge is 0.418 e. The third-order valence-corrected chi connectivity index (χ3v) is 5.40. The maximum absolute atomic E-state index is 14.2. The number of anilines is 1. The van der Waals surface area contributed by atoms with Crippen LogP contribution in [0.3, 0.4) is 0 Å². The number of nitrogens with zero attached hydrogens (tertiary/aromatic N) is 5. The Bertz CT molecular complexity index is 1460. The predicted octanol–water partition coefficient (Wildman–Crippen LogP) is 4.78. The Morgan fingerprint density at radius 1 is 1.03 bits per heavy atom. The first-order valence-corrected chi connectivity index (χ1v) is 11.7. The van der Waals surface area contributed by atoms with Gasteiger partial charge in [-0.2, -0.15) is 18.0 Å². The van der Waals surface area contributed by atoms with Gasteiger partial charge in [0.1, 0.15) is 18.1 Å². The average Bonchev–Trinajstić information content (AvgIpc) is 3.53. The number of carbonyl (C=O) groups excluding carboxylic acids is 2. The molecule has 0 unspecified atom stereocenters. The molecular weight excluding hydrogens is 520 g/mol. The van der Waals surface area contributed by atoms with Crippen molar-refractivity contribution in [2.75, 3.05) is 4.90 Å². The van der Waals surface area contributed by atoms with Crippen LogP contribution < -0.4 is 10.2 Å². The molecule has 2 amide bonds. The van der Waals surface area contributed by atoms with Crippen LogP contribution in [0.5, 0.6) is 0 Å². The maximum atomic E-state index is 14.2. The molecule has 4 rings (SSSR count). The number of benzene rings is 2. The summed E-state index contributed by atoms with van der Waals surface area (Å²) in [6.45, 7) is 4.34. The van der Waals surface area contributed by atoms with Crippen molar-refractivity contribution in [1.29, 1.82) is 0 Å². The molecule has 9 nitrogen and oxygen atoms in total. The molecule has 1 atom stereocenters. The molecule has 0 aliphatic carbocycles. The molecule has 204 valence electrons. The zero-order valence-electron chi connectivity index (χ0n) is 21.1. The standard InChI is InChI=1S/C26H24F4N6O3/c1-25(2,3)31-24(38)22(20-13-8-14-39-20)36(19-12-7-5-10-17(19)26(28,29)30)21(37)15-35-33-23(32-34-35)16-9-4-6-11-18(16)27/h4-14,22H,15H2,1-3H3,(H,31,38)/t22-/m0/s1. The largest absolute Gasteiger partial charge is 0.467 e. The molecule has 0 aliphatic heterocycles. The Kier molecular flexibility index (Phi) is 7.52. The van der Waals surface area contributed by atoms with Gasteiger partial charge in [0, 0.05) is 5.54 Å². The van der Waals surface area contributed by atoms with Crippen molar-refractivity contribution in [1.82, 2.24) is 25.5 Å². The first-order valence-electron chi connectivity index (χ1n) is 11.7. The fraction of sp³-hybridized carbons (Fsp3) is 0.269. The monoisotopic (exact) mass is 544 g/mol. The number of aromatic nitrogens is 4. The average molecular weight is 545 g/mol. The summed E-state index contributed by atoms with van der Waals surface area (Å²) < 4.78 is 61.8. The molecule has 0 saturated carbocycles. The van der Waals surface area contributed by atoms with Crippen molar-refractivity contribution >= 4 is 17.5 Å². The van der Waals surface area contributed by atoms with E-state index in [0.29, 0.717) is 4.90 Å². The number of furan rings is 1. The lowest BCUT2D eigenvalue weighted by atomic mass is 10.0. The van der Waals surface area contributed by atoms with E-state index in [1.807, 2.05) is 0 Å². The first-order chi connectivity index (χ1) is 18.3. The van der Waals surface area contributed by atoms with Crippen LogP contribution in [0.25, 0.3) is 11.4 Å². The predicted molar refractivity (Wildman–Crippen MR) is 131 cm³/mol. The van der Waals surface area contributed by atoms with Crippen molar-refractivity contribution in [3.05, 3.63) is 84.1 Å². The minimum atomic E-state index is -4.85. The summed E-state index contributed by atoms with van der Waals surface area (Å²) in [5.41, 5.74) is -2.48. The SMILES string of the molecule is CC(C)(C)NC(=O)[C@H](c1ccco1)N(C(=O)Cn1nnc(-c2ccccc2F)n1)c1ccccc1C(F)(F)F. The fourth-order valence-corrected chi connectivity index (χ4v) is 3.86. The van der Waals surface area contributed by atoms with Gasteiger partial charge in [-0.25, -0.2) is 4.39 Å². The van der Waals surface area contributed by atoms with E-state index in [4.69, 9.17) is 4.42 Å². The Hall–Kier alpha value is -4.55. The molecule has 0 saturated heterocycles.